The average Bonchev–Trinajstić information content (AvgIpc) is 3.23. The minimum absolute atomic E-state index is 0.0938. The number of esters is 1. The number of carbonyl (C=O) groups is 2. The van der Waals surface area contributed by atoms with Crippen LogP contribution in [0.15, 0.2) is 30.5 Å². The van der Waals surface area contributed by atoms with E-state index < -0.39 is 5.97 Å². The summed E-state index contributed by atoms with van der Waals surface area (Å²) in [6.07, 6.45) is 2.96. The van der Waals surface area contributed by atoms with Gasteiger partial charge in [-0.1, -0.05) is 29.3 Å². The summed E-state index contributed by atoms with van der Waals surface area (Å²) in [5.74, 6) is 0.454. The van der Waals surface area contributed by atoms with Crippen molar-refractivity contribution in [1.29, 1.82) is 0 Å². The third-order valence-corrected chi connectivity index (χ3v) is 5.57. The summed E-state index contributed by atoms with van der Waals surface area (Å²) in [6.45, 7) is 1.27. The van der Waals surface area contributed by atoms with Crippen molar-refractivity contribution >= 4 is 35.1 Å². The molecule has 0 aliphatic carbocycles. The summed E-state index contributed by atoms with van der Waals surface area (Å²) in [5, 5.41) is 0.240. The number of ether oxygens (including phenoxy) is 3. The fraction of sp³-hybridized carbons (Fsp3) is 0.350. The number of amides is 1. The molecule has 1 saturated heterocycles. The van der Waals surface area contributed by atoms with E-state index in [0.717, 1.165) is 18.4 Å². The molecule has 0 bridgehead atoms. The van der Waals surface area contributed by atoms with Crippen molar-refractivity contribution in [3.05, 3.63) is 51.8 Å². The lowest BCUT2D eigenvalue weighted by Gasteiger charge is -2.26. The summed E-state index contributed by atoms with van der Waals surface area (Å²) in [4.78, 5) is 30.4. The van der Waals surface area contributed by atoms with Crippen molar-refractivity contribution in [3.63, 3.8) is 0 Å². The summed E-state index contributed by atoms with van der Waals surface area (Å²) >= 11 is 11.6. The summed E-state index contributed by atoms with van der Waals surface area (Å²) in [6, 6.07) is 6.98. The largest absolute Gasteiger partial charge is 0.486 e. The highest BCUT2D eigenvalue weighted by atomic mass is 35.5. The minimum atomic E-state index is -0.681. The Hall–Kier alpha value is -2.51. The molecule has 0 spiro atoms. The molecule has 2 aliphatic rings. The van der Waals surface area contributed by atoms with E-state index in [2.05, 4.69) is 4.98 Å². The molecule has 0 radical (unpaired) electrons. The number of fused-ring (bicyclic) bond motifs is 1. The molecular weight excluding hydrogens is 419 g/mol. The molecule has 1 aromatic carbocycles. The van der Waals surface area contributed by atoms with Crippen LogP contribution in [0.25, 0.3) is 0 Å². The Balaban J connectivity index is 1.41. The van der Waals surface area contributed by atoms with Crippen LogP contribution in [0.1, 0.15) is 34.8 Å². The normalized spacial score (nSPS) is 17.9. The number of benzene rings is 1. The molecule has 1 fully saturated rings. The second-order valence-electron chi connectivity index (χ2n) is 6.72. The maximum Gasteiger partial charge on any atom is 0.340 e. The van der Waals surface area contributed by atoms with E-state index in [1.54, 1.807) is 4.90 Å². The van der Waals surface area contributed by atoms with E-state index in [9.17, 15) is 9.59 Å². The molecule has 3 heterocycles. The Morgan fingerprint density at radius 1 is 1.17 bits per heavy atom. The SMILES string of the molecule is O=C(OCC(=O)N1CCCC1c1ccc2c(c1)OCCO2)c1cnc(Cl)c(Cl)c1. The molecule has 1 unspecified atom stereocenters. The molecule has 152 valence electrons. The van der Waals surface area contributed by atoms with Crippen LogP contribution in [0.5, 0.6) is 11.5 Å². The molecule has 1 aromatic heterocycles. The van der Waals surface area contributed by atoms with Crippen LogP contribution in [-0.4, -0.2) is 48.1 Å². The molecule has 4 rings (SSSR count). The first kappa shape index (κ1) is 19.8. The second kappa shape index (κ2) is 8.47. The first-order chi connectivity index (χ1) is 14.0. The zero-order valence-electron chi connectivity index (χ0n) is 15.4. The molecule has 1 atom stereocenters. The summed E-state index contributed by atoms with van der Waals surface area (Å²) in [7, 11) is 0. The van der Waals surface area contributed by atoms with Gasteiger partial charge in [-0.2, -0.15) is 0 Å². The van der Waals surface area contributed by atoms with Crippen LogP contribution in [-0.2, 0) is 9.53 Å². The third-order valence-electron chi connectivity index (χ3n) is 4.88. The summed E-state index contributed by atoms with van der Waals surface area (Å²) < 4.78 is 16.3. The first-order valence-electron chi connectivity index (χ1n) is 9.20. The predicted octanol–water partition coefficient (Wildman–Crippen LogP) is 3.68. The number of nitrogens with zero attached hydrogens (tertiary/aromatic N) is 2. The van der Waals surface area contributed by atoms with E-state index in [1.807, 2.05) is 18.2 Å². The van der Waals surface area contributed by atoms with Crippen molar-refractivity contribution in [2.24, 2.45) is 0 Å². The van der Waals surface area contributed by atoms with Crippen LogP contribution < -0.4 is 9.47 Å². The van der Waals surface area contributed by atoms with E-state index in [0.29, 0.717) is 31.3 Å². The number of rotatable bonds is 4. The zero-order valence-corrected chi connectivity index (χ0v) is 16.9. The van der Waals surface area contributed by atoms with E-state index in [4.69, 9.17) is 37.4 Å². The van der Waals surface area contributed by atoms with Gasteiger partial charge in [-0.3, -0.25) is 4.79 Å². The lowest BCUT2D eigenvalue weighted by Crippen LogP contribution is -2.34. The molecule has 1 amide bonds. The van der Waals surface area contributed by atoms with Crippen LogP contribution in [0, 0.1) is 0 Å². The lowest BCUT2D eigenvalue weighted by atomic mass is 10.0. The number of likely N-dealkylation sites (tertiary alicyclic amines) is 1. The van der Waals surface area contributed by atoms with Crippen LogP contribution in [0.2, 0.25) is 10.2 Å². The highest BCUT2D eigenvalue weighted by molar-refractivity contribution is 6.41. The number of carbonyl (C=O) groups excluding carboxylic acids is 2. The van der Waals surface area contributed by atoms with Gasteiger partial charge in [0.15, 0.2) is 18.1 Å². The average molecular weight is 437 g/mol. The van der Waals surface area contributed by atoms with E-state index >= 15 is 0 Å². The van der Waals surface area contributed by atoms with Crippen molar-refractivity contribution in [2.45, 2.75) is 18.9 Å². The van der Waals surface area contributed by atoms with Crippen molar-refractivity contribution in [2.75, 3.05) is 26.4 Å². The van der Waals surface area contributed by atoms with Gasteiger partial charge >= 0.3 is 5.97 Å². The highest BCUT2D eigenvalue weighted by Crippen LogP contribution is 2.38. The van der Waals surface area contributed by atoms with Crippen LogP contribution in [0.3, 0.4) is 0 Å². The fourth-order valence-corrected chi connectivity index (χ4v) is 3.78. The number of hydrogen-bond acceptors (Lipinski definition) is 6. The van der Waals surface area contributed by atoms with Gasteiger partial charge in [-0.15, -0.1) is 0 Å². The molecule has 29 heavy (non-hydrogen) atoms. The van der Waals surface area contributed by atoms with Crippen LogP contribution in [0.4, 0.5) is 0 Å². The van der Waals surface area contributed by atoms with Gasteiger partial charge in [0.1, 0.15) is 18.4 Å². The minimum Gasteiger partial charge on any atom is -0.486 e. The van der Waals surface area contributed by atoms with Gasteiger partial charge in [0.2, 0.25) is 0 Å². The molecule has 7 nitrogen and oxygen atoms in total. The molecule has 2 aliphatic heterocycles. The van der Waals surface area contributed by atoms with Crippen molar-refractivity contribution in [3.8, 4) is 11.5 Å². The van der Waals surface area contributed by atoms with Crippen LogP contribution >= 0.6 is 23.2 Å². The summed E-state index contributed by atoms with van der Waals surface area (Å²) in [5.41, 5.74) is 1.11. The Kier molecular flexibility index (Phi) is 5.78. The van der Waals surface area contributed by atoms with Gasteiger partial charge in [-0.05, 0) is 36.6 Å². The smallest absolute Gasteiger partial charge is 0.340 e. The molecule has 2 aromatic rings. The second-order valence-corrected chi connectivity index (χ2v) is 7.49. The highest BCUT2D eigenvalue weighted by Gasteiger charge is 2.31. The Morgan fingerprint density at radius 3 is 2.76 bits per heavy atom. The number of halogens is 2. The van der Waals surface area contributed by atoms with Gasteiger partial charge in [0.25, 0.3) is 5.91 Å². The number of pyridine rings is 1. The quantitative estimate of drug-likeness (QED) is 0.537. The third kappa shape index (κ3) is 4.26. The zero-order chi connectivity index (χ0) is 20.4. The Labute approximate surface area is 177 Å². The van der Waals surface area contributed by atoms with Gasteiger partial charge in [0.05, 0.1) is 16.6 Å². The number of aromatic nitrogens is 1. The van der Waals surface area contributed by atoms with Crippen molar-refractivity contribution < 1.29 is 23.8 Å². The Morgan fingerprint density at radius 2 is 1.97 bits per heavy atom. The monoisotopic (exact) mass is 436 g/mol. The maximum absolute atomic E-state index is 12.7. The standard InChI is InChI=1S/C20H18Cl2N2O5/c21-14-8-13(10-23-19(14)22)20(26)29-11-18(25)24-5-1-2-15(24)12-3-4-16-17(9-12)28-7-6-27-16/h3-4,8-10,15H,1-2,5-7,11H2. The topological polar surface area (TPSA) is 78.0 Å². The van der Waals surface area contributed by atoms with Gasteiger partial charge in [-0.25, -0.2) is 9.78 Å². The van der Waals surface area contributed by atoms with Crippen molar-refractivity contribution in [1.82, 2.24) is 9.88 Å². The maximum atomic E-state index is 12.7. The fourth-order valence-electron chi connectivity index (χ4n) is 3.51. The van der Waals surface area contributed by atoms with E-state index in [-0.39, 0.29) is 34.3 Å². The van der Waals surface area contributed by atoms with Gasteiger partial charge in [0, 0.05) is 12.7 Å². The van der Waals surface area contributed by atoms with Gasteiger partial charge < -0.3 is 19.1 Å². The Bertz CT molecular complexity index is 952. The molecular formula is C20H18Cl2N2O5. The molecule has 9 heteroatoms. The van der Waals surface area contributed by atoms with E-state index in [1.165, 1.54) is 12.3 Å². The molecule has 0 N–H and O–H groups in total. The molecule has 0 saturated carbocycles. The lowest BCUT2D eigenvalue weighted by molar-refractivity contribution is -0.135. The first-order valence-corrected chi connectivity index (χ1v) is 9.95. The predicted molar refractivity (Wildman–Crippen MR) is 106 cm³/mol. The number of hydrogen-bond donors (Lipinski definition) is 0.